The lowest BCUT2D eigenvalue weighted by Gasteiger charge is -2.27. The van der Waals surface area contributed by atoms with Gasteiger partial charge in [-0.2, -0.15) is 5.10 Å². The van der Waals surface area contributed by atoms with E-state index in [1.807, 2.05) is 26.0 Å². The fourth-order valence-electron chi connectivity index (χ4n) is 2.34. The van der Waals surface area contributed by atoms with Crippen LogP contribution < -0.4 is 10.6 Å². The van der Waals surface area contributed by atoms with E-state index in [1.165, 1.54) is 0 Å². The lowest BCUT2D eigenvalue weighted by Crippen LogP contribution is -2.48. The lowest BCUT2D eigenvalue weighted by atomic mass is 10.0. The van der Waals surface area contributed by atoms with E-state index in [2.05, 4.69) is 20.7 Å². The van der Waals surface area contributed by atoms with Gasteiger partial charge >= 0.3 is 0 Å². The Balaban J connectivity index is 0.00000132. The van der Waals surface area contributed by atoms with Crippen molar-refractivity contribution in [3.63, 3.8) is 0 Å². The van der Waals surface area contributed by atoms with Crippen LogP contribution in [0.3, 0.4) is 0 Å². The molecule has 1 aliphatic heterocycles. The maximum absolute atomic E-state index is 12.0. The zero-order chi connectivity index (χ0) is 14.8. The quantitative estimate of drug-likeness (QED) is 0.872. The molecule has 0 atom stereocenters. The van der Waals surface area contributed by atoms with Gasteiger partial charge in [0.2, 0.25) is 0 Å². The number of hydrogen-bond donors (Lipinski definition) is 2. The summed E-state index contributed by atoms with van der Waals surface area (Å²) < 4.78 is 1.77. The highest BCUT2D eigenvalue weighted by Crippen LogP contribution is 2.10. The second-order valence-corrected chi connectivity index (χ2v) is 5.48. The number of amides is 1. The number of carbonyl (C=O) groups is 1. The van der Waals surface area contributed by atoms with Gasteiger partial charge in [-0.15, -0.1) is 24.8 Å². The largest absolute Gasteiger partial charge is 0.352 e. The summed E-state index contributed by atoms with van der Waals surface area (Å²) in [5.74, 6) is 1.20. The van der Waals surface area contributed by atoms with Gasteiger partial charge < -0.3 is 10.6 Å². The smallest absolute Gasteiger partial charge is 0.252 e. The number of pyridine rings is 1. The number of aryl methyl sites for hydroxylation is 2. The van der Waals surface area contributed by atoms with Crippen LogP contribution in [0.5, 0.6) is 0 Å². The van der Waals surface area contributed by atoms with Crippen LogP contribution in [-0.4, -0.2) is 40.3 Å². The maximum atomic E-state index is 12.0. The summed E-state index contributed by atoms with van der Waals surface area (Å²) in [6.07, 6.45) is 1.60. The molecule has 1 aliphatic rings. The van der Waals surface area contributed by atoms with Gasteiger partial charge in [-0.05, 0) is 32.0 Å². The molecule has 1 amide bonds. The second-order valence-electron chi connectivity index (χ2n) is 5.48. The van der Waals surface area contributed by atoms with Crippen LogP contribution in [0.2, 0.25) is 0 Å². The van der Waals surface area contributed by atoms with E-state index >= 15 is 0 Å². The second kappa shape index (κ2) is 8.29. The van der Waals surface area contributed by atoms with E-state index in [0.717, 1.165) is 30.3 Å². The molecule has 0 unspecified atom stereocenters. The van der Waals surface area contributed by atoms with Crippen molar-refractivity contribution in [2.24, 2.45) is 5.92 Å². The first-order valence-corrected chi connectivity index (χ1v) is 7.12. The predicted molar refractivity (Wildman–Crippen MR) is 94.0 cm³/mol. The number of halogens is 2. The first-order chi connectivity index (χ1) is 10.1. The Kier molecular flexibility index (Phi) is 7.00. The third-order valence-corrected chi connectivity index (χ3v) is 3.65. The van der Waals surface area contributed by atoms with Gasteiger partial charge in [0.05, 0.1) is 11.3 Å². The highest BCUT2D eigenvalue weighted by atomic mass is 35.5. The van der Waals surface area contributed by atoms with E-state index < -0.39 is 0 Å². The minimum Gasteiger partial charge on any atom is -0.352 e. The Morgan fingerprint density at radius 1 is 1.35 bits per heavy atom. The third-order valence-electron chi connectivity index (χ3n) is 3.65. The summed E-state index contributed by atoms with van der Waals surface area (Å²) in [6.45, 7) is 6.60. The molecule has 1 fully saturated rings. The molecule has 2 aromatic heterocycles. The van der Waals surface area contributed by atoms with Crippen molar-refractivity contribution in [2.75, 3.05) is 19.6 Å². The number of nitrogens with zero attached hydrogens (tertiary/aromatic N) is 3. The zero-order valence-electron chi connectivity index (χ0n) is 13.1. The summed E-state index contributed by atoms with van der Waals surface area (Å²) in [7, 11) is 0. The first-order valence-electron chi connectivity index (χ1n) is 7.12. The molecule has 2 N–H and O–H groups in total. The van der Waals surface area contributed by atoms with Crippen LogP contribution in [0.1, 0.15) is 21.7 Å². The minimum absolute atomic E-state index is 0. The molecule has 0 spiro atoms. The number of rotatable bonds is 4. The lowest BCUT2D eigenvalue weighted by molar-refractivity contribution is 0.0942. The van der Waals surface area contributed by atoms with Crippen molar-refractivity contribution < 1.29 is 4.79 Å². The summed E-state index contributed by atoms with van der Waals surface area (Å²) in [5.41, 5.74) is 2.55. The third kappa shape index (κ3) is 4.43. The highest BCUT2D eigenvalue weighted by Gasteiger charge is 2.17. The Hall–Kier alpha value is -1.63. The van der Waals surface area contributed by atoms with Crippen molar-refractivity contribution in [1.82, 2.24) is 25.4 Å². The molecule has 0 saturated carbocycles. The molecular formula is C15H21Cl2N5O. The van der Waals surface area contributed by atoms with Crippen molar-refractivity contribution in [3.05, 3.63) is 41.3 Å². The van der Waals surface area contributed by atoms with E-state index in [9.17, 15) is 4.79 Å². The Labute approximate surface area is 147 Å². The van der Waals surface area contributed by atoms with Gasteiger partial charge in [0.1, 0.15) is 0 Å². The number of nitrogens with one attached hydrogen (secondary N) is 2. The number of hydrogen-bond acceptors (Lipinski definition) is 4. The van der Waals surface area contributed by atoms with Crippen LogP contribution >= 0.6 is 24.8 Å². The standard InChI is InChI=1S/C15H19N5O.2ClH/c1-10-5-11(2)20(19-10)14-4-3-13(9-17-14)15(21)18-8-12-6-16-7-12;;/h3-5,9,12,16H,6-8H2,1-2H3,(H,18,21);2*1H. The van der Waals surface area contributed by atoms with Crippen LogP contribution in [0.4, 0.5) is 0 Å². The molecule has 3 heterocycles. The van der Waals surface area contributed by atoms with Crippen molar-refractivity contribution >= 4 is 30.7 Å². The van der Waals surface area contributed by atoms with E-state index in [4.69, 9.17) is 0 Å². The minimum atomic E-state index is -0.0747. The van der Waals surface area contributed by atoms with Gasteiger partial charge in [-0.3, -0.25) is 4.79 Å². The summed E-state index contributed by atoms with van der Waals surface area (Å²) in [6, 6.07) is 5.60. The summed E-state index contributed by atoms with van der Waals surface area (Å²) in [5, 5.41) is 10.5. The summed E-state index contributed by atoms with van der Waals surface area (Å²) >= 11 is 0. The molecule has 0 aromatic carbocycles. The van der Waals surface area contributed by atoms with Gasteiger partial charge in [-0.25, -0.2) is 9.67 Å². The average molecular weight is 358 g/mol. The Morgan fingerprint density at radius 2 is 2.09 bits per heavy atom. The molecule has 3 rings (SSSR count). The number of aromatic nitrogens is 3. The molecule has 126 valence electrons. The fourth-order valence-corrected chi connectivity index (χ4v) is 2.34. The Bertz CT molecular complexity index is 652. The molecule has 6 nitrogen and oxygen atoms in total. The van der Waals surface area contributed by atoms with Crippen LogP contribution in [0.25, 0.3) is 5.82 Å². The molecular weight excluding hydrogens is 337 g/mol. The van der Waals surface area contributed by atoms with E-state index in [0.29, 0.717) is 18.0 Å². The highest BCUT2D eigenvalue weighted by molar-refractivity contribution is 5.93. The van der Waals surface area contributed by atoms with Gasteiger partial charge in [0.25, 0.3) is 5.91 Å². The van der Waals surface area contributed by atoms with Gasteiger partial charge in [-0.1, -0.05) is 0 Å². The zero-order valence-corrected chi connectivity index (χ0v) is 14.7. The molecule has 0 aliphatic carbocycles. The molecule has 23 heavy (non-hydrogen) atoms. The van der Waals surface area contributed by atoms with Gasteiger partial charge in [0, 0.05) is 37.4 Å². The average Bonchev–Trinajstić information content (AvgIpc) is 2.76. The topological polar surface area (TPSA) is 71.8 Å². The predicted octanol–water partition coefficient (Wildman–Crippen LogP) is 1.68. The number of carbonyl (C=O) groups excluding carboxylic acids is 1. The van der Waals surface area contributed by atoms with Crippen molar-refractivity contribution in [1.29, 1.82) is 0 Å². The first kappa shape index (κ1) is 19.4. The monoisotopic (exact) mass is 357 g/mol. The molecule has 2 aromatic rings. The van der Waals surface area contributed by atoms with E-state index in [1.54, 1.807) is 16.9 Å². The van der Waals surface area contributed by atoms with Crippen LogP contribution in [0.15, 0.2) is 24.4 Å². The van der Waals surface area contributed by atoms with Crippen LogP contribution in [0, 0.1) is 19.8 Å². The van der Waals surface area contributed by atoms with E-state index in [-0.39, 0.29) is 30.7 Å². The molecule has 1 saturated heterocycles. The van der Waals surface area contributed by atoms with Gasteiger partial charge in [0.15, 0.2) is 5.82 Å². The molecule has 0 radical (unpaired) electrons. The van der Waals surface area contributed by atoms with Crippen molar-refractivity contribution in [2.45, 2.75) is 13.8 Å². The normalized spacial score (nSPS) is 13.5. The SMILES string of the molecule is Cc1cc(C)n(-c2ccc(C(=O)NCC3CNC3)cn2)n1.Cl.Cl. The van der Waals surface area contributed by atoms with Crippen LogP contribution in [-0.2, 0) is 0 Å². The summed E-state index contributed by atoms with van der Waals surface area (Å²) in [4.78, 5) is 16.3. The molecule has 0 bridgehead atoms. The maximum Gasteiger partial charge on any atom is 0.252 e. The van der Waals surface area contributed by atoms with Crippen molar-refractivity contribution in [3.8, 4) is 5.82 Å². The molecule has 8 heteroatoms. The fraction of sp³-hybridized carbons (Fsp3) is 0.400. The Morgan fingerprint density at radius 3 is 2.57 bits per heavy atom.